The lowest BCUT2D eigenvalue weighted by atomic mass is 10.2. The number of anilines is 2. The number of ether oxygens (including phenoxy) is 1. The van der Waals surface area contributed by atoms with Crippen molar-refractivity contribution in [2.75, 3.05) is 49.1 Å². The molecular formula is C21H22N4O5. The van der Waals surface area contributed by atoms with Crippen molar-refractivity contribution >= 4 is 28.9 Å². The summed E-state index contributed by atoms with van der Waals surface area (Å²) >= 11 is 0. The number of fused-ring (bicyclic) bond motifs is 1. The van der Waals surface area contributed by atoms with Gasteiger partial charge >= 0.3 is 0 Å². The van der Waals surface area contributed by atoms with Gasteiger partial charge in [0.25, 0.3) is 11.6 Å². The van der Waals surface area contributed by atoms with Gasteiger partial charge in [-0.15, -0.1) is 0 Å². The molecule has 0 atom stereocenters. The van der Waals surface area contributed by atoms with Gasteiger partial charge in [0, 0.05) is 45.2 Å². The van der Waals surface area contributed by atoms with Gasteiger partial charge in [0.05, 0.1) is 10.6 Å². The van der Waals surface area contributed by atoms with Crippen molar-refractivity contribution in [2.24, 2.45) is 0 Å². The zero-order valence-corrected chi connectivity index (χ0v) is 16.4. The fraction of sp³-hybridized carbons (Fsp3) is 0.333. The van der Waals surface area contributed by atoms with E-state index in [1.165, 1.54) is 6.07 Å². The number of carbonyl (C=O) groups is 2. The normalized spacial score (nSPS) is 16.1. The summed E-state index contributed by atoms with van der Waals surface area (Å²) in [6.45, 7) is 2.28. The minimum atomic E-state index is -0.385. The highest BCUT2D eigenvalue weighted by Gasteiger charge is 2.28. The summed E-state index contributed by atoms with van der Waals surface area (Å²) in [6.07, 6.45) is 0.214. The Morgan fingerprint density at radius 2 is 1.67 bits per heavy atom. The van der Waals surface area contributed by atoms with Crippen LogP contribution in [0.3, 0.4) is 0 Å². The maximum Gasteiger partial charge on any atom is 0.292 e. The van der Waals surface area contributed by atoms with E-state index in [0.29, 0.717) is 49.8 Å². The van der Waals surface area contributed by atoms with Gasteiger partial charge in [0.1, 0.15) is 11.4 Å². The molecule has 0 bridgehead atoms. The summed E-state index contributed by atoms with van der Waals surface area (Å²) in [5.74, 6) is 0.444. The molecule has 1 saturated heterocycles. The monoisotopic (exact) mass is 410 g/mol. The fourth-order valence-corrected chi connectivity index (χ4v) is 3.85. The van der Waals surface area contributed by atoms with Crippen LogP contribution in [0.4, 0.5) is 17.1 Å². The lowest BCUT2D eigenvalue weighted by Crippen LogP contribution is -2.50. The maximum absolute atomic E-state index is 12.7. The van der Waals surface area contributed by atoms with Gasteiger partial charge in [-0.1, -0.05) is 24.3 Å². The van der Waals surface area contributed by atoms with Crippen molar-refractivity contribution in [1.29, 1.82) is 0 Å². The quantitative estimate of drug-likeness (QED) is 0.553. The smallest absolute Gasteiger partial charge is 0.292 e. The Hall–Kier alpha value is -3.62. The third kappa shape index (κ3) is 3.91. The van der Waals surface area contributed by atoms with E-state index >= 15 is 0 Å². The van der Waals surface area contributed by atoms with Gasteiger partial charge in [0.15, 0.2) is 6.61 Å². The molecule has 0 N–H and O–H groups in total. The van der Waals surface area contributed by atoms with Crippen LogP contribution in [0, 0.1) is 10.1 Å². The highest BCUT2D eigenvalue weighted by Crippen LogP contribution is 2.32. The van der Waals surface area contributed by atoms with Crippen molar-refractivity contribution in [3.8, 4) is 5.75 Å². The molecule has 2 aromatic rings. The highest BCUT2D eigenvalue weighted by atomic mass is 16.6. The maximum atomic E-state index is 12.7. The molecule has 0 aliphatic carbocycles. The molecule has 9 heteroatoms. The first-order chi connectivity index (χ1) is 14.5. The standard InChI is InChI=1S/C21H22N4O5/c26-20(9-10-24-18-7-3-4-8-19(18)30-15-21(24)27)23-13-11-22(12-14-23)16-5-1-2-6-17(16)25(28)29/h1-8H,9-15H2. The van der Waals surface area contributed by atoms with Crippen molar-refractivity contribution < 1.29 is 19.2 Å². The zero-order valence-electron chi connectivity index (χ0n) is 16.4. The lowest BCUT2D eigenvalue weighted by Gasteiger charge is -2.36. The number of hydrogen-bond acceptors (Lipinski definition) is 6. The van der Waals surface area contributed by atoms with Gasteiger partial charge in [0.2, 0.25) is 5.91 Å². The Bertz CT molecular complexity index is 971. The summed E-state index contributed by atoms with van der Waals surface area (Å²) in [4.78, 5) is 41.1. The molecule has 0 unspecified atom stereocenters. The summed E-state index contributed by atoms with van der Waals surface area (Å²) < 4.78 is 5.43. The number of nitro benzene ring substituents is 1. The Balaban J connectivity index is 1.35. The lowest BCUT2D eigenvalue weighted by molar-refractivity contribution is -0.384. The predicted octanol–water partition coefficient (Wildman–Crippen LogP) is 2.06. The van der Waals surface area contributed by atoms with Crippen LogP contribution >= 0.6 is 0 Å². The predicted molar refractivity (Wildman–Crippen MR) is 111 cm³/mol. The van der Waals surface area contributed by atoms with Crippen LogP contribution in [0.2, 0.25) is 0 Å². The molecule has 30 heavy (non-hydrogen) atoms. The van der Waals surface area contributed by atoms with Gasteiger partial charge < -0.3 is 19.4 Å². The van der Waals surface area contributed by atoms with E-state index in [1.54, 1.807) is 34.1 Å². The third-order valence-electron chi connectivity index (χ3n) is 5.41. The number of para-hydroxylation sites is 4. The Kier molecular flexibility index (Phi) is 5.51. The molecular weight excluding hydrogens is 388 g/mol. The third-order valence-corrected chi connectivity index (χ3v) is 5.41. The number of amides is 2. The summed E-state index contributed by atoms with van der Waals surface area (Å²) in [7, 11) is 0. The molecule has 0 saturated carbocycles. The van der Waals surface area contributed by atoms with Crippen molar-refractivity contribution in [2.45, 2.75) is 6.42 Å². The van der Waals surface area contributed by atoms with E-state index in [0.717, 1.165) is 0 Å². The Morgan fingerprint density at radius 1 is 1.00 bits per heavy atom. The minimum Gasteiger partial charge on any atom is -0.482 e. The van der Waals surface area contributed by atoms with E-state index in [1.807, 2.05) is 23.1 Å². The van der Waals surface area contributed by atoms with E-state index in [-0.39, 0.29) is 35.5 Å². The fourth-order valence-electron chi connectivity index (χ4n) is 3.85. The molecule has 2 aliphatic heterocycles. The first-order valence-corrected chi connectivity index (χ1v) is 9.83. The van der Waals surface area contributed by atoms with Gasteiger partial charge in [-0.05, 0) is 18.2 Å². The van der Waals surface area contributed by atoms with Crippen LogP contribution in [0.25, 0.3) is 0 Å². The SMILES string of the molecule is O=C(CCN1C(=O)COc2ccccc21)N1CCN(c2ccccc2[N+](=O)[O-])CC1. The first kappa shape index (κ1) is 19.7. The van der Waals surface area contributed by atoms with E-state index in [2.05, 4.69) is 0 Å². The van der Waals surface area contributed by atoms with E-state index in [9.17, 15) is 19.7 Å². The second kappa shape index (κ2) is 8.40. The molecule has 2 aromatic carbocycles. The zero-order chi connectivity index (χ0) is 21.1. The van der Waals surface area contributed by atoms with Crippen LogP contribution in [-0.2, 0) is 9.59 Å². The van der Waals surface area contributed by atoms with Crippen LogP contribution in [-0.4, -0.2) is 61.0 Å². The first-order valence-electron chi connectivity index (χ1n) is 9.83. The van der Waals surface area contributed by atoms with E-state index in [4.69, 9.17) is 4.74 Å². The number of rotatable bonds is 5. The Morgan fingerprint density at radius 3 is 2.40 bits per heavy atom. The van der Waals surface area contributed by atoms with Crippen LogP contribution in [0.5, 0.6) is 5.75 Å². The molecule has 156 valence electrons. The molecule has 4 rings (SSSR count). The number of nitro groups is 1. The average molecular weight is 410 g/mol. The van der Waals surface area contributed by atoms with Gasteiger partial charge in [-0.3, -0.25) is 19.7 Å². The molecule has 2 aliphatic rings. The highest BCUT2D eigenvalue weighted by molar-refractivity contribution is 5.98. The van der Waals surface area contributed by atoms with E-state index < -0.39 is 0 Å². The molecule has 9 nitrogen and oxygen atoms in total. The van der Waals surface area contributed by atoms with Gasteiger partial charge in [-0.25, -0.2) is 0 Å². The second-order valence-electron chi connectivity index (χ2n) is 7.17. The summed E-state index contributed by atoms with van der Waals surface area (Å²) in [5.41, 5.74) is 1.33. The number of nitrogens with zero attached hydrogens (tertiary/aromatic N) is 4. The molecule has 2 heterocycles. The molecule has 1 fully saturated rings. The average Bonchev–Trinajstić information content (AvgIpc) is 2.78. The molecule has 0 radical (unpaired) electrons. The molecule has 0 spiro atoms. The van der Waals surface area contributed by atoms with Crippen LogP contribution in [0.1, 0.15) is 6.42 Å². The molecule has 2 amide bonds. The van der Waals surface area contributed by atoms with Crippen molar-refractivity contribution in [3.63, 3.8) is 0 Å². The largest absolute Gasteiger partial charge is 0.482 e. The van der Waals surface area contributed by atoms with Crippen LogP contribution in [0.15, 0.2) is 48.5 Å². The van der Waals surface area contributed by atoms with Crippen molar-refractivity contribution in [1.82, 2.24) is 4.90 Å². The minimum absolute atomic E-state index is 0.0280. The summed E-state index contributed by atoms with van der Waals surface area (Å²) in [5, 5.41) is 11.3. The summed E-state index contributed by atoms with van der Waals surface area (Å²) in [6, 6.07) is 13.9. The van der Waals surface area contributed by atoms with Crippen LogP contribution < -0.4 is 14.5 Å². The Labute approximate surface area is 173 Å². The number of hydrogen-bond donors (Lipinski definition) is 0. The molecule has 0 aromatic heterocycles. The number of carbonyl (C=O) groups excluding carboxylic acids is 2. The number of benzene rings is 2. The topological polar surface area (TPSA) is 96.2 Å². The second-order valence-corrected chi connectivity index (χ2v) is 7.17. The van der Waals surface area contributed by atoms with Crippen molar-refractivity contribution in [3.05, 3.63) is 58.6 Å². The van der Waals surface area contributed by atoms with Gasteiger partial charge in [-0.2, -0.15) is 0 Å². The number of piperazine rings is 1.